The molecule has 0 unspecified atom stereocenters. The number of hydrogen-bond acceptors (Lipinski definition) is 6. The summed E-state index contributed by atoms with van der Waals surface area (Å²) in [5.41, 5.74) is 3.81. The first-order valence-corrected chi connectivity index (χ1v) is 10.3. The topological polar surface area (TPSA) is 91.4 Å². The van der Waals surface area contributed by atoms with Crippen molar-refractivity contribution in [2.24, 2.45) is 0 Å². The molecule has 0 atom stereocenters. The smallest absolute Gasteiger partial charge is 0.224 e. The second-order valence-electron chi connectivity index (χ2n) is 7.58. The van der Waals surface area contributed by atoms with Gasteiger partial charge in [0, 0.05) is 18.3 Å². The van der Waals surface area contributed by atoms with Crippen LogP contribution in [0.1, 0.15) is 58.3 Å². The summed E-state index contributed by atoms with van der Waals surface area (Å²) in [6.45, 7) is 2.65. The minimum absolute atomic E-state index is 0.406. The van der Waals surface area contributed by atoms with Gasteiger partial charge in [-0.05, 0) is 38.2 Å². The van der Waals surface area contributed by atoms with Gasteiger partial charge in [0.2, 0.25) is 11.9 Å². The number of hydrogen-bond donors (Lipinski definition) is 2. The number of fused-ring (bicyclic) bond motifs is 1. The first-order chi connectivity index (χ1) is 13.7. The summed E-state index contributed by atoms with van der Waals surface area (Å²) in [6.07, 6.45) is 14.9. The molecule has 7 nitrogen and oxygen atoms in total. The lowest BCUT2D eigenvalue weighted by atomic mass is 9.96. The Labute approximate surface area is 165 Å². The van der Waals surface area contributed by atoms with Crippen molar-refractivity contribution < 1.29 is 0 Å². The van der Waals surface area contributed by atoms with Gasteiger partial charge in [0.1, 0.15) is 5.52 Å². The number of aryl methyl sites for hydroxylation is 1. The van der Waals surface area contributed by atoms with Gasteiger partial charge in [-0.25, -0.2) is 9.97 Å². The number of rotatable bonds is 6. The highest BCUT2D eigenvalue weighted by atomic mass is 15.3. The van der Waals surface area contributed by atoms with E-state index in [-0.39, 0.29) is 0 Å². The van der Waals surface area contributed by atoms with Crippen molar-refractivity contribution in [3.05, 3.63) is 29.6 Å². The minimum Gasteiger partial charge on any atom is -0.351 e. The summed E-state index contributed by atoms with van der Waals surface area (Å²) in [5.74, 6) is 1.37. The van der Waals surface area contributed by atoms with Gasteiger partial charge in [0.05, 0.1) is 18.7 Å². The van der Waals surface area contributed by atoms with E-state index in [0.29, 0.717) is 25.0 Å². The molecule has 7 heteroatoms. The molecule has 0 saturated heterocycles. The van der Waals surface area contributed by atoms with Crippen LogP contribution in [0, 0.1) is 11.3 Å². The zero-order valence-electron chi connectivity index (χ0n) is 16.4. The normalized spacial score (nSPS) is 17.7. The molecular formula is C21H27N7. The summed E-state index contributed by atoms with van der Waals surface area (Å²) in [4.78, 5) is 13.9. The second-order valence-corrected chi connectivity index (χ2v) is 7.58. The number of allylic oxidation sites excluding steroid dienone is 3. The molecule has 0 aromatic carbocycles. The van der Waals surface area contributed by atoms with Crippen molar-refractivity contribution in [3.8, 4) is 6.07 Å². The van der Waals surface area contributed by atoms with Crippen LogP contribution in [-0.2, 0) is 6.54 Å². The van der Waals surface area contributed by atoms with Crippen molar-refractivity contribution >= 4 is 23.1 Å². The maximum Gasteiger partial charge on any atom is 0.224 e. The fraction of sp³-hybridized carbons (Fsp3) is 0.524. The molecule has 1 saturated carbocycles. The van der Waals surface area contributed by atoms with Gasteiger partial charge < -0.3 is 10.6 Å². The van der Waals surface area contributed by atoms with Gasteiger partial charge in [-0.3, -0.25) is 4.57 Å². The Morgan fingerprint density at radius 2 is 2.00 bits per heavy atom. The minimum atomic E-state index is 0.406. The van der Waals surface area contributed by atoms with E-state index >= 15 is 0 Å². The largest absolute Gasteiger partial charge is 0.351 e. The molecule has 4 rings (SSSR count). The lowest BCUT2D eigenvalue weighted by Crippen LogP contribution is -2.23. The highest BCUT2D eigenvalue weighted by Gasteiger charge is 2.18. The van der Waals surface area contributed by atoms with Crippen LogP contribution in [0.5, 0.6) is 0 Å². The molecule has 2 aromatic rings. The molecule has 0 spiro atoms. The Morgan fingerprint density at radius 1 is 1.18 bits per heavy atom. The quantitative estimate of drug-likeness (QED) is 0.769. The Morgan fingerprint density at radius 3 is 2.79 bits per heavy atom. The van der Waals surface area contributed by atoms with Crippen LogP contribution in [0.4, 0.5) is 11.9 Å². The van der Waals surface area contributed by atoms with Crippen molar-refractivity contribution in [1.82, 2.24) is 19.5 Å². The lowest BCUT2D eigenvalue weighted by Gasteiger charge is -2.22. The first-order valence-electron chi connectivity index (χ1n) is 10.3. The van der Waals surface area contributed by atoms with Gasteiger partial charge in [-0.15, -0.1) is 0 Å². The van der Waals surface area contributed by atoms with Crippen LogP contribution < -0.4 is 10.6 Å². The standard InChI is InChI=1S/C21H27N7/c1-15-8-5-6-11-17(15)25-21-26-18-14-23-20(24-16-9-3-2-4-10-16)27-19(18)28(21)13-7-12-22/h8,11,14,16H,2-7,9-10,13H2,1H3,(H,25,26)(H,23,24,27). The summed E-state index contributed by atoms with van der Waals surface area (Å²) >= 11 is 0. The van der Waals surface area contributed by atoms with Gasteiger partial charge in [0.25, 0.3) is 0 Å². The van der Waals surface area contributed by atoms with Crippen LogP contribution in [-0.4, -0.2) is 25.6 Å². The van der Waals surface area contributed by atoms with E-state index in [9.17, 15) is 0 Å². The highest BCUT2D eigenvalue weighted by Crippen LogP contribution is 2.25. The predicted octanol–water partition coefficient (Wildman–Crippen LogP) is 4.52. The Hall–Kier alpha value is -2.88. The Kier molecular flexibility index (Phi) is 5.56. The third-order valence-electron chi connectivity index (χ3n) is 5.51. The van der Waals surface area contributed by atoms with Crippen molar-refractivity contribution in [2.45, 2.75) is 70.9 Å². The lowest BCUT2D eigenvalue weighted by molar-refractivity contribution is 0.461. The molecule has 2 heterocycles. The van der Waals surface area contributed by atoms with Crippen LogP contribution in [0.3, 0.4) is 0 Å². The predicted molar refractivity (Wildman–Crippen MR) is 111 cm³/mol. The van der Waals surface area contributed by atoms with E-state index < -0.39 is 0 Å². The first kappa shape index (κ1) is 18.5. The monoisotopic (exact) mass is 377 g/mol. The fourth-order valence-corrected chi connectivity index (χ4v) is 3.96. The number of nitriles is 1. The van der Waals surface area contributed by atoms with Crippen LogP contribution in [0.15, 0.2) is 29.6 Å². The average molecular weight is 377 g/mol. The van der Waals surface area contributed by atoms with E-state index in [2.05, 4.69) is 40.8 Å². The van der Waals surface area contributed by atoms with Gasteiger partial charge in [0.15, 0.2) is 5.65 Å². The molecule has 28 heavy (non-hydrogen) atoms. The summed E-state index contributed by atoms with van der Waals surface area (Å²) in [7, 11) is 0. The van der Waals surface area contributed by atoms with Crippen LogP contribution in [0.2, 0.25) is 0 Å². The van der Waals surface area contributed by atoms with Gasteiger partial charge in [-0.2, -0.15) is 10.2 Å². The van der Waals surface area contributed by atoms with Crippen molar-refractivity contribution in [1.29, 1.82) is 5.26 Å². The molecule has 1 fully saturated rings. The number of imidazole rings is 1. The maximum absolute atomic E-state index is 9.09. The van der Waals surface area contributed by atoms with E-state index in [1.165, 1.54) is 37.7 Å². The average Bonchev–Trinajstić information content (AvgIpc) is 3.05. The molecule has 146 valence electrons. The molecule has 0 radical (unpaired) electrons. The molecule has 0 aliphatic heterocycles. The number of nitrogens with one attached hydrogen (secondary N) is 2. The van der Waals surface area contributed by atoms with Gasteiger partial charge >= 0.3 is 0 Å². The third kappa shape index (κ3) is 4.01. The molecule has 0 amide bonds. The Balaban J connectivity index is 1.64. The van der Waals surface area contributed by atoms with Crippen LogP contribution >= 0.6 is 0 Å². The Bertz CT molecular complexity index is 942. The zero-order chi connectivity index (χ0) is 19.3. The third-order valence-corrected chi connectivity index (χ3v) is 5.51. The van der Waals surface area contributed by atoms with E-state index in [4.69, 9.17) is 15.2 Å². The number of nitrogens with zero attached hydrogens (tertiary/aromatic N) is 5. The number of anilines is 2. The second kappa shape index (κ2) is 8.42. The van der Waals surface area contributed by atoms with Crippen molar-refractivity contribution in [2.75, 3.05) is 10.6 Å². The zero-order valence-corrected chi connectivity index (χ0v) is 16.4. The van der Waals surface area contributed by atoms with Gasteiger partial charge in [-0.1, -0.05) is 31.4 Å². The summed E-state index contributed by atoms with van der Waals surface area (Å²) in [6, 6.07) is 2.67. The highest BCUT2D eigenvalue weighted by molar-refractivity contribution is 5.75. The van der Waals surface area contributed by atoms with Crippen LogP contribution in [0.25, 0.3) is 11.2 Å². The molecule has 0 bridgehead atoms. The molecule has 2 aliphatic rings. The van der Waals surface area contributed by atoms with E-state index in [1.807, 2.05) is 4.57 Å². The molecule has 2 aliphatic carbocycles. The molecule has 2 N–H and O–H groups in total. The molecule has 2 aromatic heterocycles. The van der Waals surface area contributed by atoms with Crippen molar-refractivity contribution in [3.63, 3.8) is 0 Å². The summed E-state index contributed by atoms with van der Waals surface area (Å²) < 4.78 is 2.00. The maximum atomic E-state index is 9.09. The molecular weight excluding hydrogens is 350 g/mol. The summed E-state index contributed by atoms with van der Waals surface area (Å²) in [5, 5.41) is 16.0. The van der Waals surface area contributed by atoms with E-state index in [1.54, 1.807) is 6.20 Å². The van der Waals surface area contributed by atoms with E-state index in [0.717, 1.165) is 35.7 Å². The number of aromatic nitrogens is 4. The SMILES string of the molecule is CC1=CCCC=C1Nc1nc2cnc(NC3CCCCC3)nc2n1CCC#N. The fourth-order valence-electron chi connectivity index (χ4n) is 3.96.